The third kappa shape index (κ3) is 2.42. The fourth-order valence-corrected chi connectivity index (χ4v) is 3.05. The molecular formula is C13H16N2OS. The smallest absolute Gasteiger partial charge is 0.149 e. The summed E-state index contributed by atoms with van der Waals surface area (Å²) < 4.78 is 7.79. The van der Waals surface area contributed by atoms with Crippen LogP contribution in [0.25, 0.3) is 10.7 Å². The van der Waals surface area contributed by atoms with Crippen LogP contribution in [0.2, 0.25) is 0 Å². The molecule has 2 aromatic heterocycles. The Labute approximate surface area is 105 Å². The zero-order valence-corrected chi connectivity index (χ0v) is 10.5. The summed E-state index contributed by atoms with van der Waals surface area (Å²) in [6.45, 7) is 2.84. The van der Waals surface area contributed by atoms with Crippen molar-refractivity contribution >= 4 is 11.3 Å². The van der Waals surface area contributed by atoms with Gasteiger partial charge in [-0.25, -0.2) is 4.98 Å². The zero-order chi connectivity index (χ0) is 11.5. The molecule has 1 aliphatic heterocycles. The monoisotopic (exact) mass is 248 g/mol. The van der Waals surface area contributed by atoms with Crippen molar-refractivity contribution < 1.29 is 4.74 Å². The van der Waals surface area contributed by atoms with Crippen molar-refractivity contribution in [2.45, 2.75) is 19.4 Å². The van der Waals surface area contributed by atoms with Crippen LogP contribution in [0.15, 0.2) is 29.9 Å². The molecule has 3 rings (SSSR count). The van der Waals surface area contributed by atoms with Gasteiger partial charge in [0.2, 0.25) is 0 Å². The minimum Gasteiger partial charge on any atom is -0.381 e. The number of aromatic nitrogens is 2. The largest absolute Gasteiger partial charge is 0.381 e. The summed E-state index contributed by atoms with van der Waals surface area (Å²) >= 11 is 1.74. The van der Waals surface area contributed by atoms with E-state index in [9.17, 15) is 0 Å². The van der Waals surface area contributed by atoms with E-state index in [1.54, 1.807) is 11.3 Å². The van der Waals surface area contributed by atoms with Crippen molar-refractivity contribution in [3.05, 3.63) is 29.9 Å². The van der Waals surface area contributed by atoms with Gasteiger partial charge in [-0.1, -0.05) is 6.07 Å². The summed E-state index contributed by atoms with van der Waals surface area (Å²) in [6.07, 6.45) is 6.41. The fraction of sp³-hybridized carbons (Fsp3) is 0.462. The molecule has 3 nitrogen and oxygen atoms in total. The van der Waals surface area contributed by atoms with Gasteiger partial charge in [0.15, 0.2) is 0 Å². The van der Waals surface area contributed by atoms with E-state index in [2.05, 4.69) is 33.3 Å². The molecule has 2 aromatic rings. The SMILES string of the molecule is c1csc(-c2nccn2CC2CCCOC2)c1. The number of hydrogen-bond donors (Lipinski definition) is 0. The van der Waals surface area contributed by atoms with E-state index >= 15 is 0 Å². The lowest BCUT2D eigenvalue weighted by Crippen LogP contribution is -2.22. The van der Waals surface area contributed by atoms with Gasteiger partial charge < -0.3 is 9.30 Å². The Kier molecular flexibility index (Phi) is 3.25. The van der Waals surface area contributed by atoms with Crippen molar-refractivity contribution in [2.75, 3.05) is 13.2 Å². The van der Waals surface area contributed by atoms with E-state index in [1.807, 2.05) is 6.20 Å². The highest BCUT2D eigenvalue weighted by atomic mass is 32.1. The molecule has 3 heterocycles. The molecule has 0 N–H and O–H groups in total. The van der Waals surface area contributed by atoms with E-state index in [0.29, 0.717) is 5.92 Å². The van der Waals surface area contributed by atoms with Gasteiger partial charge >= 0.3 is 0 Å². The Hall–Kier alpha value is -1.13. The normalized spacial score (nSPS) is 20.6. The van der Waals surface area contributed by atoms with Crippen LogP contribution in [0.3, 0.4) is 0 Å². The van der Waals surface area contributed by atoms with E-state index in [1.165, 1.54) is 17.7 Å². The number of hydrogen-bond acceptors (Lipinski definition) is 3. The molecule has 1 saturated heterocycles. The maximum Gasteiger partial charge on any atom is 0.149 e. The first-order chi connectivity index (χ1) is 8.43. The number of thiophene rings is 1. The Morgan fingerprint density at radius 3 is 3.29 bits per heavy atom. The lowest BCUT2D eigenvalue weighted by Gasteiger charge is -2.22. The van der Waals surface area contributed by atoms with Gasteiger partial charge in [-0.2, -0.15) is 0 Å². The van der Waals surface area contributed by atoms with Gasteiger partial charge in [-0.15, -0.1) is 11.3 Å². The van der Waals surface area contributed by atoms with Crippen molar-refractivity contribution in [2.24, 2.45) is 5.92 Å². The van der Waals surface area contributed by atoms with Crippen LogP contribution >= 0.6 is 11.3 Å². The van der Waals surface area contributed by atoms with Crippen LogP contribution in [-0.2, 0) is 11.3 Å². The highest BCUT2D eigenvalue weighted by molar-refractivity contribution is 7.13. The predicted molar refractivity (Wildman–Crippen MR) is 69.1 cm³/mol. The second-order valence-corrected chi connectivity index (χ2v) is 5.41. The molecule has 1 unspecified atom stereocenters. The summed E-state index contributed by atoms with van der Waals surface area (Å²) in [5, 5.41) is 2.10. The van der Waals surface area contributed by atoms with E-state index < -0.39 is 0 Å². The predicted octanol–water partition coefficient (Wildman–Crippen LogP) is 3.04. The van der Waals surface area contributed by atoms with Crippen LogP contribution in [0.4, 0.5) is 0 Å². The quantitative estimate of drug-likeness (QED) is 0.834. The molecule has 0 saturated carbocycles. The van der Waals surface area contributed by atoms with Crippen LogP contribution in [0.1, 0.15) is 12.8 Å². The number of nitrogens with zero attached hydrogens (tertiary/aromatic N) is 2. The first kappa shape index (κ1) is 11.0. The number of ether oxygens (including phenoxy) is 1. The van der Waals surface area contributed by atoms with Gasteiger partial charge in [0.05, 0.1) is 11.5 Å². The molecule has 0 spiro atoms. The Balaban J connectivity index is 1.77. The molecular weight excluding hydrogens is 232 g/mol. The molecule has 0 bridgehead atoms. The molecule has 4 heteroatoms. The van der Waals surface area contributed by atoms with E-state index in [0.717, 1.165) is 25.6 Å². The second-order valence-electron chi connectivity index (χ2n) is 4.46. The van der Waals surface area contributed by atoms with Gasteiger partial charge in [-0.05, 0) is 24.3 Å². The minimum absolute atomic E-state index is 0.636. The fourth-order valence-electron chi connectivity index (χ4n) is 2.32. The Bertz CT molecular complexity index is 457. The number of imidazole rings is 1. The first-order valence-corrected chi connectivity index (χ1v) is 6.94. The van der Waals surface area contributed by atoms with Gasteiger partial charge in [0.1, 0.15) is 5.82 Å². The summed E-state index contributed by atoms with van der Waals surface area (Å²) in [7, 11) is 0. The average Bonchev–Trinajstić information content (AvgIpc) is 3.00. The van der Waals surface area contributed by atoms with Crippen LogP contribution < -0.4 is 0 Å². The highest BCUT2D eigenvalue weighted by Gasteiger charge is 2.16. The standard InChI is InChI=1S/C13H16N2OS/c1-3-11(10-16-7-1)9-15-6-5-14-13(15)12-4-2-8-17-12/h2,4-6,8,11H,1,3,7,9-10H2. The van der Waals surface area contributed by atoms with E-state index in [4.69, 9.17) is 4.74 Å². The van der Waals surface area contributed by atoms with Crippen LogP contribution in [0.5, 0.6) is 0 Å². The lowest BCUT2D eigenvalue weighted by molar-refractivity contribution is 0.0485. The van der Waals surface area contributed by atoms with Crippen molar-refractivity contribution in [3.63, 3.8) is 0 Å². The number of rotatable bonds is 3. The van der Waals surface area contributed by atoms with Crippen molar-refractivity contribution in [1.29, 1.82) is 0 Å². The first-order valence-electron chi connectivity index (χ1n) is 6.06. The third-order valence-corrected chi connectivity index (χ3v) is 4.03. The van der Waals surface area contributed by atoms with Crippen LogP contribution in [-0.4, -0.2) is 22.8 Å². The Morgan fingerprint density at radius 2 is 2.53 bits per heavy atom. The average molecular weight is 248 g/mol. The summed E-state index contributed by atoms with van der Waals surface area (Å²) in [5.41, 5.74) is 0. The van der Waals surface area contributed by atoms with Crippen molar-refractivity contribution in [1.82, 2.24) is 9.55 Å². The molecule has 1 atom stereocenters. The van der Waals surface area contributed by atoms with Crippen LogP contribution in [0, 0.1) is 5.92 Å². The second kappa shape index (κ2) is 5.02. The molecule has 0 aliphatic carbocycles. The molecule has 0 amide bonds. The summed E-state index contributed by atoms with van der Waals surface area (Å²) in [4.78, 5) is 5.70. The topological polar surface area (TPSA) is 27.1 Å². The maximum atomic E-state index is 5.53. The molecule has 0 aromatic carbocycles. The van der Waals surface area contributed by atoms with Gasteiger partial charge in [-0.3, -0.25) is 0 Å². The minimum atomic E-state index is 0.636. The molecule has 0 radical (unpaired) electrons. The molecule has 1 aliphatic rings. The van der Waals surface area contributed by atoms with E-state index in [-0.39, 0.29) is 0 Å². The summed E-state index contributed by atoms with van der Waals surface area (Å²) in [6, 6.07) is 4.20. The zero-order valence-electron chi connectivity index (χ0n) is 9.71. The highest BCUT2D eigenvalue weighted by Crippen LogP contribution is 2.25. The molecule has 1 fully saturated rings. The lowest BCUT2D eigenvalue weighted by atomic mass is 10.0. The molecule has 90 valence electrons. The van der Waals surface area contributed by atoms with Gasteiger partial charge in [0.25, 0.3) is 0 Å². The third-order valence-electron chi connectivity index (χ3n) is 3.17. The maximum absolute atomic E-state index is 5.53. The summed E-state index contributed by atoms with van der Waals surface area (Å²) in [5.74, 6) is 1.72. The molecule has 17 heavy (non-hydrogen) atoms. The van der Waals surface area contributed by atoms with Crippen molar-refractivity contribution in [3.8, 4) is 10.7 Å². The Morgan fingerprint density at radius 1 is 1.53 bits per heavy atom. The van der Waals surface area contributed by atoms with Gasteiger partial charge in [0, 0.05) is 31.5 Å².